The number of halogens is 1. The van der Waals surface area contributed by atoms with Crippen LogP contribution in [0.5, 0.6) is 0 Å². The van der Waals surface area contributed by atoms with Crippen LogP contribution in [0.4, 0.5) is 4.39 Å². The molecule has 112 valence electrons. The topological polar surface area (TPSA) is 46.6 Å². The third-order valence-corrected chi connectivity index (χ3v) is 2.60. The first kappa shape index (κ1) is 16.6. The summed E-state index contributed by atoms with van der Waals surface area (Å²) in [6.45, 7) is 5.52. The van der Waals surface area contributed by atoms with Crippen molar-refractivity contribution in [1.29, 1.82) is 0 Å². The van der Waals surface area contributed by atoms with Crippen molar-refractivity contribution in [2.45, 2.75) is 6.92 Å². The summed E-state index contributed by atoms with van der Waals surface area (Å²) in [5, 5.41) is 0. The predicted octanol–water partition coefficient (Wildman–Crippen LogP) is 2.42. The summed E-state index contributed by atoms with van der Waals surface area (Å²) in [5.41, 5.74) is 0.306. The molecule has 21 heavy (non-hydrogen) atoms. The van der Waals surface area contributed by atoms with Crippen molar-refractivity contribution in [3.8, 4) is 0 Å². The number of carbonyl (C=O) groups is 2. The van der Waals surface area contributed by atoms with Crippen LogP contribution in [-0.2, 0) is 14.3 Å². The van der Waals surface area contributed by atoms with E-state index in [9.17, 15) is 14.0 Å². The maximum Gasteiger partial charge on any atom is 0.325 e. The normalized spacial score (nSPS) is 10.4. The molecule has 1 aromatic rings. The van der Waals surface area contributed by atoms with Crippen LogP contribution in [0.2, 0.25) is 0 Å². The summed E-state index contributed by atoms with van der Waals surface area (Å²) < 4.78 is 18.2. The van der Waals surface area contributed by atoms with Crippen molar-refractivity contribution in [2.75, 3.05) is 19.7 Å². The molecule has 0 aliphatic heterocycles. The minimum Gasteiger partial charge on any atom is -0.465 e. The lowest BCUT2D eigenvalue weighted by Crippen LogP contribution is -2.35. The lowest BCUT2D eigenvalue weighted by atomic mass is 10.2. The van der Waals surface area contributed by atoms with E-state index in [0.717, 1.165) is 0 Å². The van der Waals surface area contributed by atoms with Crippen LogP contribution in [-0.4, -0.2) is 36.5 Å². The number of hydrogen-bond acceptors (Lipinski definition) is 3. The van der Waals surface area contributed by atoms with E-state index in [1.165, 1.54) is 29.2 Å². The van der Waals surface area contributed by atoms with Gasteiger partial charge in [-0.1, -0.05) is 24.3 Å². The Morgan fingerprint density at radius 1 is 1.38 bits per heavy atom. The molecule has 0 radical (unpaired) electrons. The summed E-state index contributed by atoms with van der Waals surface area (Å²) in [4.78, 5) is 24.7. The molecule has 4 nitrogen and oxygen atoms in total. The minimum atomic E-state index is -0.494. The van der Waals surface area contributed by atoms with Crippen molar-refractivity contribution in [3.63, 3.8) is 0 Å². The molecular formula is C16H18FNO3. The molecule has 5 heteroatoms. The maximum atomic E-state index is 13.4. The molecular weight excluding hydrogens is 273 g/mol. The number of hydrogen-bond donors (Lipinski definition) is 0. The first-order valence-electron chi connectivity index (χ1n) is 6.56. The van der Waals surface area contributed by atoms with E-state index in [-0.39, 0.29) is 19.7 Å². The monoisotopic (exact) mass is 291 g/mol. The summed E-state index contributed by atoms with van der Waals surface area (Å²) in [7, 11) is 0. The standard InChI is InChI=1S/C16H18FNO3/c1-3-11-18(12-16(20)21-4-2)15(19)10-9-13-7-5-6-8-14(13)17/h3,5-10H,1,4,11-12H2,2H3/b10-9+. The van der Waals surface area contributed by atoms with Gasteiger partial charge in [0.25, 0.3) is 0 Å². The Balaban J connectivity index is 2.75. The van der Waals surface area contributed by atoms with E-state index in [0.29, 0.717) is 5.56 Å². The molecule has 0 aliphatic rings. The van der Waals surface area contributed by atoms with Crippen LogP contribution in [0, 0.1) is 5.82 Å². The van der Waals surface area contributed by atoms with Crippen LogP contribution in [0.25, 0.3) is 6.08 Å². The van der Waals surface area contributed by atoms with Gasteiger partial charge in [0.15, 0.2) is 0 Å². The number of rotatable bonds is 7. The first-order valence-corrected chi connectivity index (χ1v) is 6.56. The molecule has 0 aromatic heterocycles. The highest BCUT2D eigenvalue weighted by Gasteiger charge is 2.14. The Labute approximate surface area is 123 Å². The van der Waals surface area contributed by atoms with Gasteiger partial charge in [-0.05, 0) is 19.1 Å². The molecule has 0 bridgehead atoms. The molecule has 1 amide bonds. The number of esters is 1. The number of carbonyl (C=O) groups excluding carboxylic acids is 2. The Hall–Kier alpha value is -2.43. The second-order valence-electron chi connectivity index (χ2n) is 4.17. The highest BCUT2D eigenvalue weighted by atomic mass is 19.1. The molecule has 1 aromatic carbocycles. The molecule has 0 saturated heterocycles. The number of benzene rings is 1. The van der Waals surface area contributed by atoms with Gasteiger partial charge in [0.1, 0.15) is 12.4 Å². The molecule has 0 spiro atoms. The van der Waals surface area contributed by atoms with Crippen molar-refractivity contribution in [3.05, 3.63) is 54.4 Å². The predicted molar refractivity (Wildman–Crippen MR) is 78.8 cm³/mol. The maximum absolute atomic E-state index is 13.4. The van der Waals surface area contributed by atoms with Gasteiger partial charge >= 0.3 is 5.97 Å². The van der Waals surface area contributed by atoms with Gasteiger partial charge in [-0.2, -0.15) is 0 Å². The van der Waals surface area contributed by atoms with Crippen LogP contribution in [0.3, 0.4) is 0 Å². The first-order chi connectivity index (χ1) is 10.1. The second-order valence-corrected chi connectivity index (χ2v) is 4.17. The van der Waals surface area contributed by atoms with E-state index >= 15 is 0 Å². The highest BCUT2D eigenvalue weighted by molar-refractivity contribution is 5.93. The van der Waals surface area contributed by atoms with Crippen LogP contribution < -0.4 is 0 Å². The van der Waals surface area contributed by atoms with E-state index in [1.54, 1.807) is 25.1 Å². The third-order valence-electron chi connectivity index (χ3n) is 2.60. The van der Waals surface area contributed by atoms with Crippen molar-refractivity contribution < 1.29 is 18.7 Å². The molecule has 0 saturated carbocycles. The third kappa shape index (κ3) is 5.60. The summed E-state index contributed by atoms with van der Waals surface area (Å²) in [5.74, 6) is -1.32. The molecule has 0 fully saturated rings. The smallest absolute Gasteiger partial charge is 0.325 e. The fraction of sp³-hybridized carbons (Fsp3) is 0.250. The van der Waals surface area contributed by atoms with Crippen LogP contribution in [0.1, 0.15) is 12.5 Å². The van der Waals surface area contributed by atoms with Gasteiger partial charge in [0.05, 0.1) is 6.61 Å². The van der Waals surface area contributed by atoms with E-state index < -0.39 is 17.7 Å². The zero-order chi connectivity index (χ0) is 15.7. The number of nitrogens with zero attached hydrogens (tertiary/aromatic N) is 1. The van der Waals surface area contributed by atoms with Crippen LogP contribution in [0.15, 0.2) is 43.0 Å². The molecule has 1 rings (SSSR count). The van der Waals surface area contributed by atoms with Crippen molar-refractivity contribution in [1.82, 2.24) is 4.90 Å². The average Bonchev–Trinajstić information content (AvgIpc) is 2.46. The fourth-order valence-corrected chi connectivity index (χ4v) is 1.63. The number of ether oxygens (including phenoxy) is 1. The zero-order valence-electron chi connectivity index (χ0n) is 11.9. The molecule has 0 heterocycles. The molecule has 0 aliphatic carbocycles. The zero-order valence-corrected chi connectivity index (χ0v) is 11.9. The van der Waals surface area contributed by atoms with Crippen molar-refractivity contribution >= 4 is 18.0 Å². The van der Waals surface area contributed by atoms with Gasteiger partial charge in [0, 0.05) is 18.2 Å². The minimum absolute atomic E-state index is 0.166. The lowest BCUT2D eigenvalue weighted by molar-refractivity contribution is -0.147. The summed E-state index contributed by atoms with van der Waals surface area (Å²) in [6, 6.07) is 6.11. The quantitative estimate of drug-likeness (QED) is 0.440. The Kier molecular flexibility index (Phi) is 6.87. The van der Waals surface area contributed by atoms with Crippen molar-refractivity contribution in [2.24, 2.45) is 0 Å². The number of amides is 1. The van der Waals surface area contributed by atoms with E-state index in [2.05, 4.69) is 6.58 Å². The van der Waals surface area contributed by atoms with Gasteiger partial charge in [0.2, 0.25) is 5.91 Å². The van der Waals surface area contributed by atoms with Gasteiger partial charge < -0.3 is 9.64 Å². The lowest BCUT2D eigenvalue weighted by Gasteiger charge is -2.18. The van der Waals surface area contributed by atoms with E-state index in [4.69, 9.17) is 4.74 Å². The Morgan fingerprint density at radius 3 is 2.71 bits per heavy atom. The SMILES string of the molecule is C=CCN(CC(=O)OCC)C(=O)/C=C/c1ccccc1F. The molecule has 0 atom stereocenters. The van der Waals surface area contributed by atoms with E-state index in [1.807, 2.05) is 0 Å². The fourth-order valence-electron chi connectivity index (χ4n) is 1.63. The average molecular weight is 291 g/mol. The van der Waals surface area contributed by atoms with Crippen LogP contribution >= 0.6 is 0 Å². The molecule has 0 N–H and O–H groups in total. The largest absolute Gasteiger partial charge is 0.465 e. The van der Waals surface area contributed by atoms with Gasteiger partial charge in [-0.25, -0.2) is 4.39 Å². The Morgan fingerprint density at radius 2 is 2.10 bits per heavy atom. The second kappa shape index (κ2) is 8.68. The highest BCUT2D eigenvalue weighted by Crippen LogP contribution is 2.08. The summed E-state index contributed by atoms with van der Waals surface area (Å²) in [6.07, 6.45) is 4.11. The summed E-state index contributed by atoms with van der Waals surface area (Å²) >= 11 is 0. The van der Waals surface area contributed by atoms with Gasteiger partial charge in [-0.3, -0.25) is 9.59 Å². The Bertz CT molecular complexity index is 540. The molecule has 0 unspecified atom stereocenters. The van der Waals surface area contributed by atoms with Gasteiger partial charge in [-0.15, -0.1) is 6.58 Å².